The van der Waals surface area contributed by atoms with Gasteiger partial charge in [0.2, 0.25) is 0 Å². The van der Waals surface area contributed by atoms with Crippen molar-refractivity contribution in [3.63, 3.8) is 0 Å². The van der Waals surface area contributed by atoms with Crippen LogP contribution in [0, 0.1) is 24.1 Å². The molecule has 2 unspecified atom stereocenters. The Hall–Kier alpha value is -0.930. The lowest BCUT2D eigenvalue weighted by molar-refractivity contribution is 0.0981. The molecule has 2 nitrogen and oxygen atoms in total. The normalized spacial score (nSPS) is 24.2. The average molecular weight is 264 g/mol. The Labute approximate surface area is 115 Å². The number of hydrogen-bond acceptors (Lipinski definition) is 2. The van der Waals surface area contributed by atoms with Gasteiger partial charge in [0.1, 0.15) is 5.82 Å². The molecule has 0 bridgehead atoms. The molecule has 0 radical (unpaired) electrons. The summed E-state index contributed by atoms with van der Waals surface area (Å²) in [5, 5.41) is 0. The van der Waals surface area contributed by atoms with E-state index < -0.39 is 0 Å². The molecule has 3 N–H and O–H groups in total. The Balaban J connectivity index is 2.30. The smallest absolute Gasteiger partial charge is 0.126 e. The minimum Gasteiger partial charge on any atom is -0.271 e. The molecule has 2 atom stereocenters. The molecule has 1 aromatic carbocycles. The zero-order valence-corrected chi connectivity index (χ0v) is 12.2. The SMILES string of the molecule is Cc1ccc(C(NN)C2CCCCC2(C)C)cc1F. The van der Waals surface area contributed by atoms with Crippen molar-refractivity contribution in [3.05, 3.63) is 35.1 Å². The van der Waals surface area contributed by atoms with Gasteiger partial charge in [-0.15, -0.1) is 0 Å². The Bertz CT molecular complexity index is 442. The van der Waals surface area contributed by atoms with Crippen LogP contribution in [-0.2, 0) is 0 Å². The Kier molecular flexibility index (Phi) is 4.26. The van der Waals surface area contributed by atoms with Crippen LogP contribution in [0.1, 0.15) is 56.7 Å². The molecule has 0 saturated heterocycles. The molecule has 106 valence electrons. The fourth-order valence-electron chi connectivity index (χ4n) is 3.39. The zero-order chi connectivity index (χ0) is 14.0. The summed E-state index contributed by atoms with van der Waals surface area (Å²) in [4.78, 5) is 0. The summed E-state index contributed by atoms with van der Waals surface area (Å²) in [5.41, 5.74) is 4.82. The van der Waals surface area contributed by atoms with E-state index >= 15 is 0 Å². The topological polar surface area (TPSA) is 38.0 Å². The van der Waals surface area contributed by atoms with Crippen molar-refractivity contribution < 1.29 is 4.39 Å². The minimum absolute atomic E-state index is 0.0328. The number of halogens is 1. The highest BCUT2D eigenvalue weighted by atomic mass is 19.1. The molecular formula is C16H25FN2. The van der Waals surface area contributed by atoms with Crippen LogP contribution in [0.5, 0.6) is 0 Å². The van der Waals surface area contributed by atoms with Crippen LogP contribution in [0.2, 0.25) is 0 Å². The molecule has 1 aromatic rings. The highest BCUT2D eigenvalue weighted by Gasteiger charge is 2.37. The van der Waals surface area contributed by atoms with E-state index in [4.69, 9.17) is 5.84 Å². The minimum atomic E-state index is -0.147. The fraction of sp³-hybridized carbons (Fsp3) is 0.625. The first kappa shape index (κ1) is 14.5. The van der Waals surface area contributed by atoms with Crippen LogP contribution in [0.4, 0.5) is 4.39 Å². The predicted octanol–water partition coefficient (Wildman–Crippen LogP) is 3.85. The Morgan fingerprint density at radius 1 is 1.37 bits per heavy atom. The van der Waals surface area contributed by atoms with Crippen LogP contribution in [0.3, 0.4) is 0 Å². The van der Waals surface area contributed by atoms with Gasteiger partial charge in [0, 0.05) is 6.04 Å². The van der Waals surface area contributed by atoms with Crippen molar-refractivity contribution in [1.29, 1.82) is 0 Å². The third-order valence-electron chi connectivity index (χ3n) is 4.73. The molecule has 1 saturated carbocycles. The van der Waals surface area contributed by atoms with E-state index in [0.29, 0.717) is 11.5 Å². The number of rotatable bonds is 3. The Morgan fingerprint density at radius 2 is 2.11 bits per heavy atom. The molecule has 2 rings (SSSR count). The van der Waals surface area contributed by atoms with Crippen LogP contribution in [0.25, 0.3) is 0 Å². The first-order valence-corrected chi connectivity index (χ1v) is 7.18. The number of benzene rings is 1. The Morgan fingerprint density at radius 3 is 2.68 bits per heavy atom. The van der Waals surface area contributed by atoms with Crippen LogP contribution in [-0.4, -0.2) is 0 Å². The van der Waals surface area contributed by atoms with Crippen LogP contribution in [0.15, 0.2) is 18.2 Å². The lowest BCUT2D eigenvalue weighted by Gasteiger charge is -2.43. The van der Waals surface area contributed by atoms with Gasteiger partial charge >= 0.3 is 0 Å². The molecule has 0 spiro atoms. The largest absolute Gasteiger partial charge is 0.271 e. The summed E-state index contributed by atoms with van der Waals surface area (Å²) in [6.45, 7) is 6.38. The summed E-state index contributed by atoms with van der Waals surface area (Å²) in [6.07, 6.45) is 4.88. The van der Waals surface area contributed by atoms with Gasteiger partial charge in [0.25, 0.3) is 0 Å². The molecule has 1 aliphatic rings. The van der Waals surface area contributed by atoms with Gasteiger partial charge < -0.3 is 0 Å². The molecule has 0 heterocycles. The first-order valence-electron chi connectivity index (χ1n) is 7.18. The third-order valence-corrected chi connectivity index (χ3v) is 4.73. The summed E-state index contributed by atoms with van der Waals surface area (Å²) >= 11 is 0. The lowest BCUT2D eigenvalue weighted by Crippen LogP contribution is -2.41. The fourth-order valence-corrected chi connectivity index (χ4v) is 3.39. The monoisotopic (exact) mass is 264 g/mol. The van der Waals surface area contributed by atoms with Gasteiger partial charge in [-0.1, -0.05) is 38.8 Å². The van der Waals surface area contributed by atoms with E-state index in [2.05, 4.69) is 19.3 Å². The van der Waals surface area contributed by atoms with Gasteiger partial charge in [-0.25, -0.2) is 4.39 Å². The highest BCUT2D eigenvalue weighted by molar-refractivity contribution is 5.26. The predicted molar refractivity (Wildman–Crippen MR) is 76.9 cm³/mol. The van der Waals surface area contributed by atoms with E-state index in [9.17, 15) is 4.39 Å². The summed E-state index contributed by atoms with van der Waals surface area (Å²) in [6, 6.07) is 5.49. The van der Waals surface area contributed by atoms with Crippen molar-refractivity contribution in [2.45, 2.75) is 52.5 Å². The standard InChI is InChI=1S/C16H25FN2/c1-11-7-8-12(10-14(11)17)15(19-18)13-6-4-5-9-16(13,2)3/h7-8,10,13,15,19H,4-6,9,18H2,1-3H3. The van der Waals surface area contributed by atoms with E-state index in [1.54, 1.807) is 13.0 Å². The van der Waals surface area contributed by atoms with E-state index in [0.717, 1.165) is 12.0 Å². The first-order chi connectivity index (χ1) is 8.95. The van der Waals surface area contributed by atoms with Crippen molar-refractivity contribution >= 4 is 0 Å². The van der Waals surface area contributed by atoms with E-state index in [-0.39, 0.29) is 17.3 Å². The number of aryl methyl sites for hydroxylation is 1. The molecule has 0 aliphatic heterocycles. The van der Waals surface area contributed by atoms with E-state index in [1.807, 2.05) is 12.1 Å². The maximum atomic E-state index is 13.8. The summed E-state index contributed by atoms with van der Waals surface area (Å²) in [7, 11) is 0. The molecule has 0 amide bonds. The van der Waals surface area contributed by atoms with Crippen LogP contribution < -0.4 is 11.3 Å². The van der Waals surface area contributed by atoms with Crippen molar-refractivity contribution in [3.8, 4) is 0 Å². The number of hydrogen-bond donors (Lipinski definition) is 2. The molecule has 1 aliphatic carbocycles. The highest BCUT2D eigenvalue weighted by Crippen LogP contribution is 2.46. The van der Waals surface area contributed by atoms with Crippen molar-refractivity contribution in [1.82, 2.24) is 5.43 Å². The second kappa shape index (κ2) is 5.59. The maximum absolute atomic E-state index is 13.8. The molecular weight excluding hydrogens is 239 g/mol. The maximum Gasteiger partial charge on any atom is 0.126 e. The van der Waals surface area contributed by atoms with Gasteiger partial charge in [0.05, 0.1) is 0 Å². The number of nitrogens with two attached hydrogens (primary N) is 1. The average Bonchev–Trinajstić information content (AvgIpc) is 2.36. The van der Waals surface area contributed by atoms with Gasteiger partial charge in [-0.2, -0.15) is 0 Å². The number of nitrogens with one attached hydrogen (secondary N) is 1. The second-order valence-electron chi connectivity index (χ2n) is 6.49. The molecule has 3 heteroatoms. The zero-order valence-electron chi connectivity index (χ0n) is 12.2. The second-order valence-corrected chi connectivity index (χ2v) is 6.49. The number of hydrazine groups is 1. The van der Waals surface area contributed by atoms with Crippen molar-refractivity contribution in [2.24, 2.45) is 17.2 Å². The molecule has 1 fully saturated rings. The van der Waals surface area contributed by atoms with Gasteiger partial charge in [0.15, 0.2) is 0 Å². The summed E-state index contributed by atoms with van der Waals surface area (Å²) in [5.74, 6) is 6.08. The third kappa shape index (κ3) is 2.98. The lowest BCUT2D eigenvalue weighted by atomic mass is 9.65. The van der Waals surface area contributed by atoms with Gasteiger partial charge in [-0.3, -0.25) is 11.3 Å². The molecule has 0 aromatic heterocycles. The van der Waals surface area contributed by atoms with E-state index in [1.165, 1.54) is 19.3 Å². The van der Waals surface area contributed by atoms with Crippen LogP contribution >= 0.6 is 0 Å². The quantitative estimate of drug-likeness (QED) is 0.642. The molecule has 19 heavy (non-hydrogen) atoms. The van der Waals surface area contributed by atoms with Crippen molar-refractivity contribution in [2.75, 3.05) is 0 Å². The van der Waals surface area contributed by atoms with Gasteiger partial charge in [-0.05, 0) is 48.3 Å². The summed E-state index contributed by atoms with van der Waals surface area (Å²) < 4.78 is 13.8.